The van der Waals surface area contributed by atoms with Gasteiger partial charge in [-0.1, -0.05) is 24.3 Å². The number of hydrogen-bond acceptors (Lipinski definition) is 5. The van der Waals surface area contributed by atoms with Gasteiger partial charge in [-0.15, -0.1) is 12.4 Å². The molecule has 1 fully saturated rings. The molecular weight excluding hydrogens is 378 g/mol. The minimum absolute atomic E-state index is 0. The van der Waals surface area contributed by atoms with Gasteiger partial charge in [0.15, 0.2) is 11.5 Å². The zero-order chi connectivity index (χ0) is 19.2. The Labute approximate surface area is 173 Å². The van der Waals surface area contributed by atoms with Crippen LogP contribution in [0.1, 0.15) is 24.0 Å². The SMILES string of the molecule is COc1cc(CCc2ccccc2OCC[C@@H]2C[C@@H](O)CN2C)ccc1O.Cl. The van der Waals surface area contributed by atoms with Gasteiger partial charge in [0.1, 0.15) is 5.75 Å². The third-order valence-corrected chi connectivity index (χ3v) is 5.27. The van der Waals surface area contributed by atoms with Crippen molar-refractivity contribution >= 4 is 12.4 Å². The normalized spacial score (nSPS) is 19.2. The average molecular weight is 408 g/mol. The van der Waals surface area contributed by atoms with E-state index in [1.165, 1.54) is 5.56 Å². The Balaban J connectivity index is 0.00000280. The zero-order valence-corrected chi connectivity index (χ0v) is 17.3. The summed E-state index contributed by atoms with van der Waals surface area (Å²) in [5.74, 6) is 1.58. The number of aliphatic hydroxyl groups is 1. The summed E-state index contributed by atoms with van der Waals surface area (Å²) in [6, 6.07) is 14.0. The molecule has 2 aromatic rings. The minimum atomic E-state index is -0.213. The highest BCUT2D eigenvalue weighted by Crippen LogP contribution is 2.28. The van der Waals surface area contributed by atoms with Gasteiger partial charge in [0.2, 0.25) is 0 Å². The first kappa shape index (κ1) is 22.3. The van der Waals surface area contributed by atoms with E-state index in [0.29, 0.717) is 18.4 Å². The molecule has 1 saturated heterocycles. The number of β-amino-alcohol motifs (C(OH)–C–C–N with tert-alkyl or cyclic N) is 1. The topological polar surface area (TPSA) is 62.2 Å². The molecule has 0 bridgehead atoms. The van der Waals surface area contributed by atoms with Crippen LogP contribution in [0.25, 0.3) is 0 Å². The Morgan fingerprint density at radius 1 is 1.11 bits per heavy atom. The average Bonchev–Trinajstić information content (AvgIpc) is 2.99. The molecule has 6 heteroatoms. The Kier molecular flexibility index (Phi) is 8.42. The fourth-order valence-electron chi connectivity index (χ4n) is 3.70. The predicted molar refractivity (Wildman–Crippen MR) is 113 cm³/mol. The molecular formula is C22H30ClNO4. The highest BCUT2D eigenvalue weighted by molar-refractivity contribution is 5.85. The molecule has 2 aromatic carbocycles. The predicted octanol–water partition coefficient (Wildman–Crippen LogP) is 3.44. The molecule has 0 spiro atoms. The number of aromatic hydroxyl groups is 1. The van der Waals surface area contributed by atoms with Crippen molar-refractivity contribution in [2.24, 2.45) is 0 Å². The number of aliphatic hydroxyl groups excluding tert-OH is 1. The summed E-state index contributed by atoms with van der Waals surface area (Å²) in [5, 5.41) is 19.5. The van der Waals surface area contributed by atoms with Crippen LogP contribution in [-0.4, -0.2) is 54.6 Å². The number of likely N-dealkylation sites (tertiary alicyclic amines) is 1. The van der Waals surface area contributed by atoms with Crippen LogP contribution >= 0.6 is 12.4 Å². The molecule has 2 atom stereocenters. The lowest BCUT2D eigenvalue weighted by atomic mass is 10.0. The van der Waals surface area contributed by atoms with E-state index in [9.17, 15) is 10.2 Å². The van der Waals surface area contributed by atoms with E-state index in [4.69, 9.17) is 9.47 Å². The van der Waals surface area contributed by atoms with Crippen LogP contribution in [0.3, 0.4) is 0 Å². The van der Waals surface area contributed by atoms with Crippen molar-refractivity contribution in [3.63, 3.8) is 0 Å². The lowest BCUT2D eigenvalue weighted by molar-refractivity contribution is 0.182. The maximum Gasteiger partial charge on any atom is 0.160 e. The zero-order valence-electron chi connectivity index (χ0n) is 16.5. The Morgan fingerprint density at radius 2 is 1.89 bits per heavy atom. The summed E-state index contributed by atoms with van der Waals surface area (Å²) in [7, 11) is 3.61. The molecule has 0 saturated carbocycles. The number of rotatable bonds is 8. The highest BCUT2D eigenvalue weighted by atomic mass is 35.5. The van der Waals surface area contributed by atoms with Gasteiger partial charge in [-0.25, -0.2) is 0 Å². The van der Waals surface area contributed by atoms with Crippen LogP contribution in [0.15, 0.2) is 42.5 Å². The van der Waals surface area contributed by atoms with E-state index < -0.39 is 0 Å². The number of phenols is 1. The van der Waals surface area contributed by atoms with Gasteiger partial charge in [0, 0.05) is 12.6 Å². The summed E-state index contributed by atoms with van der Waals surface area (Å²) in [5.41, 5.74) is 2.28. The number of benzene rings is 2. The lowest BCUT2D eigenvalue weighted by Gasteiger charge is -2.19. The maximum atomic E-state index is 9.76. The molecule has 1 aliphatic rings. The van der Waals surface area contributed by atoms with Gasteiger partial charge in [0.05, 0.1) is 19.8 Å². The fraction of sp³-hybridized carbons (Fsp3) is 0.455. The smallest absolute Gasteiger partial charge is 0.160 e. The van der Waals surface area contributed by atoms with E-state index in [0.717, 1.165) is 43.5 Å². The van der Waals surface area contributed by atoms with E-state index in [-0.39, 0.29) is 24.3 Å². The van der Waals surface area contributed by atoms with E-state index in [1.807, 2.05) is 30.3 Å². The number of hydrogen-bond donors (Lipinski definition) is 2. The Bertz CT molecular complexity index is 755. The van der Waals surface area contributed by atoms with Crippen LogP contribution in [0.5, 0.6) is 17.2 Å². The Morgan fingerprint density at radius 3 is 2.61 bits per heavy atom. The number of likely N-dealkylation sites (N-methyl/N-ethyl adjacent to an activating group) is 1. The van der Waals surface area contributed by atoms with Gasteiger partial charge in [-0.2, -0.15) is 0 Å². The van der Waals surface area contributed by atoms with Crippen molar-refractivity contribution in [1.29, 1.82) is 0 Å². The standard InChI is InChI=1S/C22H29NO4.ClH/c1-23-15-19(24)14-18(23)11-12-27-21-6-4-3-5-17(21)9-7-16-8-10-20(25)22(13-16)26-2;/h3-6,8,10,13,18-19,24-25H,7,9,11-12,14-15H2,1-2H3;1H/t18-,19-;/m1./s1. The van der Waals surface area contributed by atoms with E-state index in [1.54, 1.807) is 13.2 Å². The monoisotopic (exact) mass is 407 g/mol. The van der Waals surface area contributed by atoms with Gasteiger partial charge in [0.25, 0.3) is 0 Å². The van der Waals surface area contributed by atoms with Crippen LogP contribution in [0.4, 0.5) is 0 Å². The summed E-state index contributed by atoms with van der Waals surface area (Å²) >= 11 is 0. The first-order valence-electron chi connectivity index (χ1n) is 9.51. The first-order chi connectivity index (χ1) is 13.1. The molecule has 28 heavy (non-hydrogen) atoms. The van der Waals surface area contributed by atoms with Crippen molar-refractivity contribution < 1.29 is 19.7 Å². The molecule has 0 aromatic heterocycles. The summed E-state index contributed by atoms with van der Waals surface area (Å²) in [4.78, 5) is 2.21. The van der Waals surface area contributed by atoms with Crippen LogP contribution in [0.2, 0.25) is 0 Å². The third-order valence-electron chi connectivity index (χ3n) is 5.27. The van der Waals surface area contributed by atoms with Gasteiger partial charge >= 0.3 is 0 Å². The molecule has 1 heterocycles. The molecule has 0 unspecified atom stereocenters. The molecule has 0 amide bonds. The van der Waals surface area contributed by atoms with Gasteiger partial charge in [-0.05, 0) is 62.1 Å². The molecule has 0 radical (unpaired) electrons. The van der Waals surface area contributed by atoms with Crippen LogP contribution < -0.4 is 9.47 Å². The molecule has 2 N–H and O–H groups in total. The largest absolute Gasteiger partial charge is 0.504 e. The van der Waals surface area contributed by atoms with Gasteiger partial charge < -0.3 is 24.6 Å². The minimum Gasteiger partial charge on any atom is -0.504 e. The van der Waals surface area contributed by atoms with Crippen molar-refractivity contribution in [1.82, 2.24) is 4.90 Å². The molecule has 3 rings (SSSR count). The van der Waals surface area contributed by atoms with Crippen molar-refractivity contribution in [2.45, 2.75) is 37.8 Å². The number of methoxy groups -OCH3 is 1. The number of para-hydroxylation sites is 1. The van der Waals surface area contributed by atoms with Crippen LogP contribution in [-0.2, 0) is 12.8 Å². The second-order valence-corrected chi connectivity index (χ2v) is 7.23. The van der Waals surface area contributed by atoms with Crippen molar-refractivity contribution in [3.05, 3.63) is 53.6 Å². The molecule has 1 aliphatic heterocycles. The highest BCUT2D eigenvalue weighted by Gasteiger charge is 2.27. The lowest BCUT2D eigenvalue weighted by Crippen LogP contribution is -2.26. The second-order valence-electron chi connectivity index (χ2n) is 7.23. The number of nitrogens with zero attached hydrogens (tertiary/aromatic N) is 1. The molecule has 154 valence electrons. The number of aryl methyl sites for hydroxylation is 2. The van der Waals surface area contributed by atoms with Gasteiger partial charge in [-0.3, -0.25) is 0 Å². The summed E-state index contributed by atoms with van der Waals surface area (Å²) in [6.07, 6.45) is 3.22. The number of phenolic OH excluding ortho intramolecular Hbond substituents is 1. The summed E-state index contributed by atoms with van der Waals surface area (Å²) in [6.45, 7) is 1.39. The third kappa shape index (κ3) is 5.77. The maximum absolute atomic E-state index is 9.76. The van der Waals surface area contributed by atoms with Crippen molar-refractivity contribution in [3.8, 4) is 17.2 Å². The molecule has 5 nitrogen and oxygen atoms in total. The van der Waals surface area contributed by atoms with Crippen LogP contribution in [0, 0.1) is 0 Å². The fourth-order valence-corrected chi connectivity index (χ4v) is 3.70. The second kappa shape index (κ2) is 10.6. The quantitative estimate of drug-likeness (QED) is 0.701. The number of halogens is 1. The Hall–Kier alpha value is -1.95. The summed E-state index contributed by atoms with van der Waals surface area (Å²) < 4.78 is 11.2. The molecule has 0 aliphatic carbocycles. The number of ether oxygens (including phenoxy) is 2. The van der Waals surface area contributed by atoms with Crippen molar-refractivity contribution in [2.75, 3.05) is 27.3 Å². The first-order valence-corrected chi connectivity index (χ1v) is 9.51. The van der Waals surface area contributed by atoms with E-state index in [2.05, 4.69) is 18.0 Å². The van der Waals surface area contributed by atoms with E-state index >= 15 is 0 Å².